The van der Waals surface area contributed by atoms with Crippen LogP contribution in [0.1, 0.15) is 13.3 Å². The van der Waals surface area contributed by atoms with Crippen molar-refractivity contribution < 1.29 is 18.7 Å². The molecule has 0 saturated carbocycles. The molecule has 8 heteroatoms. The van der Waals surface area contributed by atoms with Crippen LogP contribution >= 0.6 is 11.6 Å². The highest BCUT2D eigenvalue weighted by Crippen LogP contribution is 2.35. The number of ether oxygens (including phenoxy) is 1. The number of carbonyl (C=O) groups is 2. The maximum absolute atomic E-state index is 14.4. The third-order valence-electron chi connectivity index (χ3n) is 4.21. The summed E-state index contributed by atoms with van der Waals surface area (Å²) in [7, 11) is 0. The van der Waals surface area contributed by atoms with Crippen LogP contribution in [-0.2, 0) is 9.59 Å². The summed E-state index contributed by atoms with van der Waals surface area (Å²) in [4.78, 5) is 26.4. The molecule has 2 N–H and O–H groups in total. The lowest BCUT2D eigenvalue weighted by Gasteiger charge is -2.35. The van der Waals surface area contributed by atoms with Crippen LogP contribution in [-0.4, -0.2) is 37.6 Å². The molecule has 0 fully saturated rings. The minimum absolute atomic E-state index is 0.0620. The zero-order valence-corrected chi connectivity index (χ0v) is 16.1. The summed E-state index contributed by atoms with van der Waals surface area (Å²) in [5.74, 6) is -0.929. The average Bonchev–Trinajstić information content (AvgIpc) is 2.65. The Hall–Kier alpha value is -2.80. The number of hydrogen-bond donors (Lipinski definition) is 2. The predicted octanol–water partition coefficient (Wildman–Crippen LogP) is 3.21. The number of nitrogens with zero attached hydrogens (tertiary/aromatic N) is 1. The van der Waals surface area contributed by atoms with Crippen molar-refractivity contribution in [1.29, 1.82) is 0 Å². The van der Waals surface area contributed by atoms with Gasteiger partial charge < -0.3 is 20.3 Å². The van der Waals surface area contributed by atoms with Gasteiger partial charge in [-0.3, -0.25) is 9.59 Å². The maximum Gasteiger partial charge on any atom is 0.262 e. The first-order valence-corrected chi connectivity index (χ1v) is 9.39. The Morgan fingerprint density at radius 2 is 2.07 bits per heavy atom. The first-order chi connectivity index (χ1) is 13.5. The normalized spacial score (nSPS) is 15.4. The standard InChI is InChI=1S/C20H21ClFN3O3/c1-2-9-23-20(27)17-11-25(19-15(22)7-4-8-16(19)28-17)12-18(26)24-14-6-3-5-13(21)10-14/h3-8,10,17H,2,9,11-12H2,1H3,(H,23,27)(H,24,26). The Labute approximate surface area is 167 Å². The number of benzene rings is 2. The Balaban J connectivity index is 1.77. The fourth-order valence-corrected chi connectivity index (χ4v) is 3.15. The Bertz CT molecular complexity index is 878. The van der Waals surface area contributed by atoms with Crippen molar-refractivity contribution in [1.82, 2.24) is 5.32 Å². The quantitative estimate of drug-likeness (QED) is 0.774. The van der Waals surface area contributed by atoms with Crippen LogP contribution in [0.4, 0.5) is 15.8 Å². The first-order valence-electron chi connectivity index (χ1n) is 9.01. The zero-order chi connectivity index (χ0) is 20.1. The maximum atomic E-state index is 14.4. The molecule has 28 heavy (non-hydrogen) atoms. The molecule has 148 valence electrons. The van der Waals surface area contributed by atoms with E-state index in [4.69, 9.17) is 16.3 Å². The van der Waals surface area contributed by atoms with Gasteiger partial charge in [0, 0.05) is 17.3 Å². The lowest BCUT2D eigenvalue weighted by atomic mass is 10.1. The molecule has 1 unspecified atom stereocenters. The number of fused-ring (bicyclic) bond motifs is 1. The van der Waals surface area contributed by atoms with Crippen LogP contribution in [0.5, 0.6) is 5.75 Å². The molecular formula is C20H21ClFN3O3. The van der Waals surface area contributed by atoms with Gasteiger partial charge in [0.2, 0.25) is 5.91 Å². The molecule has 0 aromatic heterocycles. The van der Waals surface area contributed by atoms with E-state index in [1.165, 1.54) is 17.0 Å². The van der Waals surface area contributed by atoms with Gasteiger partial charge in [0.15, 0.2) is 6.10 Å². The predicted molar refractivity (Wildman–Crippen MR) is 106 cm³/mol. The van der Waals surface area contributed by atoms with Crippen LogP contribution < -0.4 is 20.3 Å². The Morgan fingerprint density at radius 1 is 1.29 bits per heavy atom. The summed E-state index contributed by atoms with van der Waals surface area (Å²) < 4.78 is 20.1. The highest BCUT2D eigenvalue weighted by molar-refractivity contribution is 6.30. The van der Waals surface area contributed by atoms with E-state index in [9.17, 15) is 14.0 Å². The number of hydrogen-bond acceptors (Lipinski definition) is 4. The molecule has 0 radical (unpaired) electrons. The van der Waals surface area contributed by atoms with Gasteiger partial charge in [-0.25, -0.2) is 4.39 Å². The molecule has 0 saturated heterocycles. The minimum atomic E-state index is -0.834. The van der Waals surface area contributed by atoms with Crippen molar-refractivity contribution in [3.63, 3.8) is 0 Å². The smallest absolute Gasteiger partial charge is 0.262 e. The largest absolute Gasteiger partial charge is 0.476 e. The van der Waals surface area contributed by atoms with Crippen LogP contribution in [0.25, 0.3) is 0 Å². The van der Waals surface area contributed by atoms with Gasteiger partial charge >= 0.3 is 0 Å². The monoisotopic (exact) mass is 405 g/mol. The molecule has 0 aliphatic carbocycles. The molecule has 2 aromatic rings. The summed E-state index contributed by atoms with van der Waals surface area (Å²) >= 11 is 5.93. The second-order valence-corrected chi connectivity index (χ2v) is 6.86. The summed E-state index contributed by atoms with van der Waals surface area (Å²) in [5.41, 5.74) is 0.708. The second-order valence-electron chi connectivity index (χ2n) is 6.42. The number of amides is 2. The molecule has 3 rings (SSSR count). The summed E-state index contributed by atoms with van der Waals surface area (Å²) in [6, 6.07) is 11.1. The minimum Gasteiger partial charge on any atom is -0.476 e. The van der Waals surface area contributed by atoms with Gasteiger partial charge in [-0.1, -0.05) is 30.7 Å². The van der Waals surface area contributed by atoms with Gasteiger partial charge in [0.1, 0.15) is 17.3 Å². The van der Waals surface area contributed by atoms with E-state index in [1.807, 2.05) is 6.92 Å². The molecule has 1 aliphatic heterocycles. The highest BCUT2D eigenvalue weighted by Gasteiger charge is 2.33. The van der Waals surface area contributed by atoms with Crippen LogP contribution in [0.2, 0.25) is 5.02 Å². The van der Waals surface area contributed by atoms with Gasteiger partial charge in [-0.2, -0.15) is 0 Å². The van der Waals surface area contributed by atoms with Crippen molar-refractivity contribution in [2.24, 2.45) is 0 Å². The van der Waals surface area contributed by atoms with Gasteiger partial charge in [0.05, 0.1) is 13.1 Å². The SMILES string of the molecule is CCCNC(=O)C1CN(CC(=O)Nc2cccc(Cl)c2)c2c(F)cccc2O1. The molecule has 2 amide bonds. The van der Waals surface area contributed by atoms with Crippen molar-refractivity contribution in [3.8, 4) is 5.75 Å². The van der Waals surface area contributed by atoms with Crippen LogP contribution in [0, 0.1) is 5.82 Å². The van der Waals surface area contributed by atoms with Crippen LogP contribution in [0.15, 0.2) is 42.5 Å². The fraction of sp³-hybridized carbons (Fsp3) is 0.300. The van der Waals surface area contributed by atoms with E-state index in [-0.39, 0.29) is 36.3 Å². The number of anilines is 2. The Morgan fingerprint density at radius 3 is 2.82 bits per heavy atom. The van der Waals surface area contributed by atoms with Crippen molar-refractivity contribution in [2.75, 3.05) is 29.9 Å². The number of para-hydroxylation sites is 1. The summed E-state index contributed by atoms with van der Waals surface area (Å²) in [5, 5.41) is 5.99. The van der Waals surface area contributed by atoms with E-state index >= 15 is 0 Å². The third-order valence-corrected chi connectivity index (χ3v) is 4.44. The molecule has 6 nitrogen and oxygen atoms in total. The van der Waals surface area contributed by atoms with E-state index in [0.29, 0.717) is 17.3 Å². The van der Waals surface area contributed by atoms with E-state index < -0.39 is 11.9 Å². The number of halogens is 2. The number of carbonyl (C=O) groups excluding carboxylic acids is 2. The fourth-order valence-electron chi connectivity index (χ4n) is 2.96. The topological polar surface area (TPSA) is 70.7 Å². The first kappa shape index (κ1) is 19.9. The molecule has 0 spiro atoms. The van der Waals surface area contributed by atoms with E-state index in [0.717, 1.165) is 6.42 Å². The molecule has 1 heterocycles. The average molecular weight is 406 g/mol. The van der Waals surface area contributed by atoms with Gasteiger partial charge in [0.25, 0.3) is 5.91 Å². The van der Waals surface area contributed by atoms with Crippen molar-refractivity contribution in [2.45, 2.75) is 19.4 Å². The lowest BCUT2D eigenvalue weighted by molar-refractivity contribution is -0.128. The zero-order valence-electron chi connectivity index (χ0n) is 15.4. The summed E-state index contributed by atoms with van der Waals surface area (Å²) in [6.45, 7) is 2.39. The lowest BCUT2D eigenvalue weighted by Crippen LogP contribution is -2.51. The summed E-state index contributed by atoms with van der Waals surface area (Å²) in [6.07, 6.45) is -0.0464. The number of rotatable bonds is 6. The molecular weight excluding hydrogens is 385 g/mol. The van der Waals surface area contributed by atoms with E-state index in [1.54, 1.807) is 30.3 Å². The third kappa shape index (κ3) is 4.72. The van der Waals surface area contributed by atoms with E-state index in [2.05, 4.69) is 10.6 Å². The van der Waals surface area contributed by atoms with Gasteiger partial charge in [-0.15, -0.1) is 0 Å². The van der Waals surface area contributed by atoms with Crippen LogP contribution in [0.3, 0.4) is 0 Å². The van der Waals surface area contributed by atoms with Gasteiger partial charge in [-0.05, 0) is 36.8 Å². The highest BCUT2D eigenvalue weighted by atomic mass is 35.5. The molecule has 1 atom stereocenters. The second kappa shape index (κ2) is 8.93. The Kier molecular flexibility index (Phi) is 6.36. The number of nitrogens with one attached hydrogen (secondary N) is 2. The molecule has 0 bridgehead atoms. The molecule has 1 aliphatic rings. The van der Waals surface area contributed by atoms with Crippen molar-refractivity contribution in [3.05, 3.63) is 53.3 Å². The molecule has 2 aromatic carbocycles. The van der Waals surface area contributed by atoms with Crippen molar-refractivity contribution >= 4 is 34.8 Å².